The van der Waals surface area contributed by atoms with Crippen LogP contribution in [0.3, 0.4) is 0 Å². The Hall–Kier alpha value is -1.92. The van der Waals surface area contributed by atoms with Gasteiger partial charge in [0.25, 0.3) is 5.91 Å². The van der Waals surface area contributed by atoms with Crippen molar-refractivity contribution in [2.45, 2.75) is 37.7 Å². The molecule has 0 radical (unpaired) electrons. The predicted molar refractivity (Wildman–Crippen MR) is 102 cm³/mol. The van der Waals surface area contributed by atoms with E-state index in [2.05, 4.69) is 9.97 Å². The van der Waals surface area contributed by atoms with Crippen molar-refractivity contribution in [2.24, 2.45) is 0 Å². The molecule has 0 N–H and O–H groups in total. The van der Waals surface area contributed by atoms with Gasteiger partial charge in [0, 0.05) is 36.4 Å². The molecule has 0 saturated carbocycles. The quantitative estimate of drug-likeness (QED) is 0.829. The maximum absolute atomic E-state index is 12.5. The van der Waals surface area contributed by atoms with Gasteiger partial charge in [-0.15, -0.1) is 11.8 Å². The molecule has 2 aromatic rings. The van der Waals surface area contributed by atoms with Crippen LogP contribution in [-0.2, 0) is 11.3 Å². The molecule has 2 aromatic heterocycles. The van der Waals surface area contributed by atoms with Crippen molar-refractivity contribution in [3.05, 3.63) is 59.2 Å². The van der Waals surface area contributed by atoms with E-state index in [9.17, 15) is 4.79 Å². The van der Waals surface area contributed by atoms with E-state index >= 15 is 0 Å². The van der Waals surface area contributed by atoms with E-state index in [4.69, 9.17) is 4.74 Å². The Morgan fingerprint density at radius 2 is 2.12 bits per heavy atom. The van der Waals surface area contributed by atoms with E-state index in [1.807, 2.05) is 60.8 Å². The van der Waals surface area contributed by atoms with Crippen molar-refractivity contribution in [3.63, 3.8) is 0 Å². The van der Waals surface area contributed by atoms with Crippen molar-refractivity contribution < 1.29 is 9.53 Å². The first-order valence-corrected chi connectivity index (χ1v) is 9.92. The number of hydrogen-bond acceptors (Lipinski definition) is 5. The lowest BCUT2D eigenvalue weighted by Gasteiger charge is -2.47. The number of rotatable bonds is 4. The maximum atomic E-state index is 12.5. The first-order chi connectivity index (χ1) is 12.5. The van der Waals surface area contributed by atoms with Gasteiger partial charge in [-0.3, -0.25) is 14.8 Å². The molecular weight excluding hydrogens is 346 g/mol. The molecule has 1 amide bonds. The molecule has 1 unspecified atom stereocenters. The minimum atomic E-state index is 0.0806. The summed E-state index contributed by atoms with van der Waals surface area (Å²) in [5.41, 5.74) is 3.60. The Labute approximate surface area is 158 Å². The first-order valence-electron chi connectivity index (χ1n) is 8.93. The first kappa shape index (κ1) is 17.5. The standard InChI is InChI=1S/C20H23N3O2S/c1-14-6-7-16(9-21-14)19(24)23-12-20(13-23)8-18(11-26-20)25-10-17-5-3-4-15(2)22-17/h3-7,9,18H,8,10-13H2,1-2H3. The summed E-state index contributed by atoms with van der Waals surface area (Å²) in [4.78, 5) is 23.2. The fourth-order valence-corrected chi connectivity index (χ4v) is 5.13. The molecule has 0 bridgehead atoms. The molecular formula is C20H23N3O2S. The van der Waals surface area contributed by atoms with Gasteiger partial charge in [0.1, 0.15) is 0 Å². The third-order valence-corrected chi connectivity index (χ3v) is 6.57. The lowest BCUT2D eigenvalue weighted by molar-refractivity contribution is 0.0244. The van der Waals surface area contributed by atoms with Gasteiger partial charge in [-0.05, 0) is 44.5 Å². The lowest BCUT2D eigenvalue weighted by Crippen LogP contribution is -2.60. The number of aryl methyl sites for hydroxylation is 2. The lowest BCUT2D eigenvalue weighted by atomic mass is 9.92. The molecule has 2 saturated heterocycles. The van der Waals surface area contributed by atoms with Crippen LogP contribution in [0, 0.1) is 13.8 Å². The number of carbonyl (C=O) groups excluding carboxylic acids is 1. The molecule has 4 heterocycles. The van der Waals surface area contributed by atoms with Gasteiger partial charge in [-0.2, -0.15) is 0 Å². The number of likely N-dealkylation sites (tertiary alicyclic amines) is 1. The summed E-state index contributed by atoms with van der Waals surface area (Å²) >= 11 is 1.94. The van der Waals surface area contributed by atoms with E-state index in [0.29, 0.717) is 12.2 Å². The summed E-state index contributed by atoms with van der Waals surface area (Å²) in [6.07, 6.45) is 2.91. The van der Waals surface area contributed by atoms with Crippen LogP contribution in [0.1, 0.15) is 33.9 Å². The second kappa shape index (κ2) is 7.00. The van der Waals surface area contributed by atoms with Crippen LogP contribution in [0.5, 0.6) is 0 Å². The molecule has 1 atom stereocenters. The van der Waals surface area contributed by atoms with Crippen LogP contribution >= 0.6 is 11.8 Å². The minimum Gasteiger partial charge on any atom is -0.371 e. The highest BCUT2D eigenvalue weighted by Crippen LogP contribution is 2.46. The highest BCUT2D eigenvalue weighted by Gasteiger charge is 2.51. The number of thioether (sulfide) groups is 1. The average molecular weight is 369 g/mol. The number of hydrogen-bond donors (Lipinski definition) is 0. The number of nitrogens with zero attached hydrogens (tertiary/aromatic N) is 3. The zero-order valence-electron chi connectivity index (χ0n) is 15.1. The third kappa shape index (κ3) is 3.62. The highest BCUT2D eigenvalue weighted by molar-refractivity contribution is 8.01. The molecule has 136 valence electrons. The largest absolute Gasteiger partial charge is 0.371 e. The predicted octanol–water partition coefficient (Wildman–Crippen LogP) is 3.01. The van der Waals surface area contributed by atoms with Gasteiger partial charge >= 0.3 is 0 Å². The number of carbonyl (C=O) groups is 1. The molecule has 26 heavy (non-hydrogen) atoms. The van der Waals surface area contributed by atoms with E-state index in [-0.39, 0.29) is 16.8 Å². The SMILES string of the molecule is Cc1ccc(C(=O)N2CC3(CC(OCc4cccc(C)n4)CS3)C2)cn1. The van der Waals surface area contributed by atoms with E-state index in [1.165, 1.54) is 0 Å². The van der Waals surface area contributed by atoms with E-state index in [0.717, 1.165) is 42.3 Å². The fraction of sp³-hybridized carbons (Fsp3) is 0.450. The third-order valence-electron chi connectivity index (χ3n) is 4.99. The number of aromatic nitrogens is 2. The Bertz CT molecular complexity index is 803. The normalized spacial score (nSPS) is 21.0. The Morgan fingerprint density at radius 3 is 2.85 bits per heavy atom. The summed E-state index contributed by atoms with van der Waals surface area (Å²) in [5.74, 6) is 1.07. The molecule has 0 aromatic carbocycles. The van der Waals surface area contributed by atoms with Gasteiger partial charge in [0.05, 0.1) is 28.7 Å². The van der Waals surface area contributed by atoms with Gasteiger partial charge in [-0.1, -0.05) is 6.07 Å². The summed E-state index contributed by atoms with van der Waals surface area (Å²) in [7, 11) is 0. The van der Waals surface area contributed by atoms with Crippen LogP contribution in [0.2, 0.25) is 0 Å². The Morgan fingerprint density at radius 1 is 1.27 bits per heavy atom. The Kier molecular flexibility index (Phi) is 4.71. The van der Waals surface area contributed by atoms with Crippen LogP contribution in [0.15, 0.2) is 36.5 Å². The summed E-state index contributed by atoms with van der Waals surface area (Å²) in [6, 6.07) is 9.76. The van der Waals surface area contributed by atoms with Crippen molar-refractivity contribution in [1.29, 1.82) is 0 Å². The van der Waals surface area contributed by atoms with Crippen molar-refractivity contribution >= 4 is 17.7 Å². The molecule has 2 aliphatic heterocycles. The van der Waals surface area contributed by atoms with Crippen LogP contribution in [-0.4, -0.2) is 50.5 Å². The zero-order chi connectivity index (χ0) is 18.1. The summed E-state index contributed by atoms with van der Waals surface area (Å²) < 4.78 is 6.24. The van der Waals surface area contributed by atoms with Crippen molar-refractivity contribution in [3.8, 4) is 0 Å². The average Bonchev–Trinajstić information content (AvgIpc) is 3.04. The van der Waals surface area contributed by atoms with Gasteiger partial charge in [-0.25, -0.2) is 0 Å². The summed E-state index contributed by atoms with van der Waals surface area (Å²) in [6.45, 7) is 6.07. The summed E-state index contributed by atoms with van der Waals surface area (Å²) in [5, 5.41) is 0. The van der Waals surface area contributed by atoms with Crippen LogP contribution < -0.4 is 0 Å². The van der Waals surface area contributed by atoms with Crippen LogP contribution in [0.4, 0.5) is 0 Å². The topological polar surface area (TPSA) is 55.3 Å². The van der Waals surface area contributed by atoms with E-state index in [1.54, 1.807) is 6.20 Å². The molecule has 5 nitrogen and oxygen atoms in total. The highest BCUT2D eigenvalue weighted by atomic mass is 32.2. The zero-order valence-corrected chi connectivity index (χ0v) is 16.0. The number of ether oxygens (including phenoxy) is 1. The molecule has 2 aliphatic rings. The van der Waals surface area contributed by atoms with Gasteiger partial charge in [0.15, 0.2) is 0 Å². The Balaban J connectivity index is 1.28. The fourth-order valence-electron chi connectivity index (χ4n) is 3.58. The second-order valence-corrected chi connectivity index (χ2v) is 8.74. The molecule has 4 rings (SSSR count). The number of pyridine rings is 2. The van der Waals surface area contributed by atoms with Crippen molar-refractivity contribution in [2.75, 3.05) is 18.8 Å². The van der Waals surface area contributed by atoms with Gasteiger partial charge < -0.3 is 9.64 Å². The minimum absolute atomic E-state index is 0.0806. The molecule has 1 spiro atoms. The van der Waals surface area contributed by atoms with Crippen LogP contribution in [0.25, 0.3) is 0 Å². The number of amides is 1. The maximum Gasteiger partial charge on any atom is 0.255 e. The molecule has 6 heteroatoms. The molecule has 0 aliphatic carbocycles. The molecule has 2 fully saturated rings. The second-order valence-electron chi connectivity index (χ2n) is 7.25. The smallest absolute Gasteiger partial charge is 0.255 e. The van der Waals surface area contributed by atoms with Crippen molar-refractivity contribution in [1.82, 2.24) is 14.9 Å². The monoisotopic (exact) mass is 369 g/mol. The van der Waals surface area contributed by atoms with Gasteiger partial charge in [0.2, 0.25) is 0 Å². The van der Waals surface area contributed by atoms with E-state index < -0.39 is 0 Å².